The topological polar surface area (TPSA) is 79.4 Å². The number of carbonyl (C=O) groups is 1. The summed E-state index contributed by atoms with van der Waals surface area (Å²) in [5, 5.41) is 5.79. The Bertz CT molecular complexity index is 708. The van der Waals surface area contributed by atoms with Crippen LogP contribution >= 0.6 is 15.9 Å². The van der Waals surface area contributed by atoms with E-state index in [0.717, 1.165) is 46.8 Å². The highest BCUT2D eigenvalue weighted by molar-refractivity contribution is 9.10. The molecule has 0 aliphatic heterocycles. The van der Waals surface area contributed by atoms with Crippen molar-refractivity contribution in [3.05, 3.63) is 22.8 Å². The second kappa shape index (κ2) is 6.78. The molecule has 6 nitrogen and oxygen atoms in total. The first-order valence-corrected chi connectivity index (χ1v) is 8.50. The first-order valence-electron chi connectivity index (χ1n) is 7.71. The Morgan fingerprint density at radius 3 is 2.78 bits per heavy atom. The number of methoxy groups -OCH3 is 1. The third kappa shape index (κ3) is 3.60. The van der Waals surface area contributed by atoms with Crippen LogP contribution in [-0.2, 0) is 4.74 Å². The number of nitrogens with zero attached hydrogens (tertiary/aromatic N) is 2. The predicted molar refractivity (Wildman–Crippen MR) is 90.5 cm³/mol. The van der Waals surface area contributed by atoms with E-state index in [0.29, 0.717) is 18.6 Å². The van der Waals surface area contributed by atoms with Gasteiger partial charge in [-0.25, -0.2) is 4.79 Å². The van der Waals surface area contributed by atoms with Crippen molar-refractivity contribution >= 4 is 32.9 Å². The number of nitrogens with two attached hydrogens (primary N) is 1. The van der Waals surface area contributed by atoms with E-state index in [4.69, 9.17) is 20.3 Å². The Labute approximate surface area is 143 Å². The first kappa shape index (κ1) is 16.1. The van der Waals surface area contributed by atoms with Crippen LogP contribution in [0.5, 0.6) is 5.75 Å². The fourth-order valence-corrected chi connectivity index (χ4v) is 3.69. The molecule has 1 fully saturated rings. The third-order valence-electron chi connectivity index (χ3n) is 4.45. The zero-order chi connectivity index (χ0) is 16.4. The van der Waals surface area contributed by atoms with Gasteiger partial charge in [-0.2, -0.15) is 5.10 Å². The number of hydrogen-bond acceptors (Lipinski definition) is 4. The number of benzene rings is 1. The SMILES string of the molecule is COc1cc2nn(C3CCC(COC(N)=O)CC3)cc2cc1Br. The largest absolute Gasteiger partial charge is 0.495 e. The van der Waals surface area contributed by atoms with E-state index in [1.807, 2.05) is 12.1 Å². The fraction of sp³-hybridized carbons (Fsp3) is 0.500. The zero-order valence-electron chi connectivity index (χ0n) is 13.0. The number of carbonyl (C=O) groups excluding carboxylic acids is 1. The van der Waals surface area contributed by atoms with Crippen molar-refractivity contribution < 1.29 is 14.3 Å². The maximum Gasteiger partial charge on any atom is 0.404 e. The van der Waals surface area contributed by atoms with Gasteiger partial charge in [0.2, 0.25) is 0 Å². The van der Waals surface area contributed by atoms with E-state index in [9.17, 15) is 4.79 Å². The van der Waals surface area contributed by atoms with Gasteiger partial charge in [-0.1, -0.05) is 0 Å². The molecule has 1 heterocycles. The van der Waals surface area contributed by atoms with E-state index in [-0.39, 0.29) is 0 Å². The second-order valence-corrected chi connectivity index (χ2v) is 6.81. The molecule has 124 valence electrons. The van der Waals surface area contributed by atoms with E-state index >= 15 is 0 Å². The minimum absolute atomic E-state index is 0.386. The van der Waals surface area contributed by atoms with Crippen LogP contribution in [0.25, 0.3) is 10.9 Å². The van der Waals surface area contributed by atoms with Crippen LogP contribution in [0.4, 0.5) is 4.79 Å². The van der Waals surface area contributed by atoms with Crippen LogP contribution < -0.4 is 10.5 Å². The highest BCUT2D eigenvalue weighted by Crippen LogP contribution is 2.34. The van der Waals surface area contributed by atoms with Crippen molar-refractivity contribution in [2.24, 2.45) is 11.7 Å². The summed E-state index contributed by atoms with van der Waals surface area (Å²) in [6.07, 6.45) is 5.48. The van der Waals surface area contributed by atoms with Crippen molar-refractivity contribution in [1.29, 1.82) is 0 Å². The Morgan fingerprint density at radius 2 is 2.13 bits per heavy atom. The van der Waals surface area contributed by atoms with Gasteiger partial charge in [-0.05, 0) is 53.6 Å². The second-order valence-electron chi connectivity index (χ2n) is 5.96. The van der Waals surface area contributed by atoms with Gasteiger partial charge >= 0.3 is 6.09 Å². The summed E-state index contributed by atoms with van der Waals surface area (Å²) in [5.41, 5.74) is 5.95. The van der Waals surface area contributed by atoms with Crippen LogP contribution in [0.3, 0.4) is 0 Å². The fourth-order valence-electron chi connectivity index (χ4n) is 3.16. The number of fused-ring (bicyclic) bond motifs is 1. The van der Waals surface area contributed by atoms with Gasteiger partial charge in [0.05, 0.1) is 29.7 Å². The van der Waals surface area contributed by atoms with E-state index in [1.165, 1.54) is 0 Å². The van der Waals surface area contributed by atoms with Gasteiger partial charge in [0.1, 0.15) is 5.75 Å². The highest BCUT2D eigenvalue weighted by Gasteiger charge is 2.24. The molecule has 1 aliphatic rings. The average Bonchev–Trinajstić information content (AvgIpc) is 2.95. The summed E-state index contributed by atoms with van der Waals surface area (Å²) >= 11 is 3.51. The molecule has 1 aliphatic carbocycles. The Hall–Kier alpha value is -1.76. The van der Waals surface area contributed by atoms with Crippen LogP contribution in [0.1, 0.15) is 31.7 Å². The van der Waals surface area contributed by atoms with Crippen molar-refractivity contribution in [2.75, 3.05) is 13.7 Å². The lowest BCUT2D eigenvalue weighted by atomic mass is 9.86. The molecular weight excluding hydrogens is 362 g/mol. The molecule has 2 aromatic rings. The van der Waals surface area contributed by atoms with Crippen molar-refractivity contribution in [3.63, 3.8) is 0 Å². The minimum Gasteiger partial charge on any atom is -0.495 e. The molecule has 23 heavy (non-hydrogen) atoms. The minimum atomic E-state index is -0.690. The molecule has 1 amide bonds. The number of halogens is 1. The molecule has 0 unspecified atom stereocenters. The summed E-state index contributed by atoms with van der Waals surface area (Å²) in [4.78, 5) is 10.7. The number of primary amides is 1. The molecule has 3 rings (SSSR count). The van der Waals surface area contributed by atoms with Crippen molar-refractivity contribution in [2.45, 2.75) is 31.7 Å². The van der Waals surface area contributed by atoms with Crippen LogP contribution in [-0.4, -0.2) is 29.6 Å². The van der Waals surface area contributed by atoms with Gasteiger partial charge in [0.25, 0.3) is 0 Å². The van der Waals surface area contributed by atoms with E-state index in [2.05, 4.69) is 26.8 Å². The van der Waals surface area contributed by atoms with Crippen LogP contribution in [0.2, 0.25) is 0 Å². The monoisotopic (exact) mass is 381 g/mol. The standard InChI is InChI=1S/C16H20BrN3O3/c1-22-15-7-14-11(6-13(15)17)8-20(19-14)12-4-2-10(3-5-12)9-23-16(18)21/h6-8,10,12H,2-5,9H2,1H3,(H2,18,21). The number of rotatable bonds is 4. The number of hydrogen-bond donors (Lipinski definition) is 1. The number of ether oxygens (including phenoxy) is 2. The molecule has 1 aromatic carbocycles. The molecule has 1 aromatic heterocycles. The number of amides is 1. The Balaban J connectivity index is 1.68. The number of aromatic nitrogens is 2. The van der Waals surface area contributed by atoms with Crippen LogP contribution in [0.15, 0.2) is 22.8 Å². The maximum absolute atomic E-state index is 10.7. The van der Waals surface area contributed by atoms with Crippen LogP contribution in [0, 0.1) is 5.92 Å². The van der Waals surface area contributed by atoms with Gasteiger partial charge < -0.3 is 15.2 Å². The molecule has 7 heteroatoms. The molecule has 1 saturated carbocycles. The maximum atomic E-state index is 10.7. The lowest BCUT2D eigenvalue weighted by Crippen LogP contribution is -2.24. The van der Waals surface area contributed by atoms with Gasteiger partial charge in [-0.15, -0.1) is 0 Å². The summed E-state index contributed by atoms with van der Waals surface area (Å²) in [7, 11) is 1.65. The van der Waals surface area contributed by atoms with Crippen molar-refractivity contribution in [1.82, 2.24) is 9.78 Å². The molecule has 0 saturated heterocycles. The van der Waals surface area contributed by atoms with Gasteiger partial charge in [0.15, 0.2) is 0 Å². The Kier molecular flexibility index (Phi) is 4.75. The Morgan fingerprint density at radius 1 is 1.39 bits per heavy atom. The summed E-state index contributed by atoms with van der Waals surface area (Å²) in [5.74, 6) is 1.19. The predicted octanol–water partition coefficient (Wildman–Crippen LogP) is 3.63. The smallest absolute Gasteiger partial charge is 0.404 e. The van der Waals surface area contributed by atoms with Crippen molar-refractivity contribution in [3.8, 4) is 5.75 Å². The molecule has 0 spiro atoms. The highest BCUT2D eigenvalue weighted by atomic mass is 79.9. The molecular formula is C16H20BrN3O3. The quantitative estimate of drug-likeness (QED) is 0.876. The lowest BCUT2D eigenvalue weighted by Gasteiger charge is -2.28. The first-order chi connectivity index (χ1) is 11.1. The molecule has 0 atom stereocenters. The normalized spacial score (nSPS) is 21.3. The van der Waals surface area contributed by atoms with Gasteiger partial charge in [-0.3, -0.25) is 4.68 Å². The lowest BCUT2D eigenvalue weighted by molar-refractivity contribution is 0.116. The molecule has 0 bridgehead atoms. The van der Waals surface area contributed by atoms with E-state index in [1.54, 1.807) is 7.11 Å². The molecule has 2 N–H and O–H groups in total. The average molecular weight is 382 g/mol. The van der Waals surface area contributed by atoms with E-state index < -0.39 is 6.09 Å². The summed E-state index contributed by atoms with van der Waals surface area (Å²) in [6, 6.07) is 4.36. The molecule has 0 radical (unpaired) electrons. The van der Waals surface area contributed by atoms with Gasteiger partial charge in [0, 0.05) is 17.6 Å². The third-order valence-corrected chi connectivity index (χ3v) is 5.07. The summed E-state index contributed by atoms with van der Waals surface area (Å²) in [6.45, 7) is 0.424. The summed E-state index contributed by atoms with van der Waals surface area (Å²) < 4.78 is 13.2. The zero-order valence-corrected chi connectivity index (χ0v) is 14.6.